The maximum absolute atomic E-state index is 13.6. The molecule has 5 nitrogen and oxygen atoms in total. The van der Waals surface area contributed by atoms with Gasteiger partial charge in [-0.05, 0) is 31.5 Å². The molecule has 20 heavy (non-hydrogen) atoms. The summed E-state index contributed by atoms with van der Waals surface area (Å²) in [6.45, 7) is 2.19. The van der Waals surface area contributed by atoms with Gasteiger partial charge < -0.3 is 10.1 Å². The average molecular weight is 322 g/mol. The largest absolute Gasteiger partial charge is 0.378 e. The van der Waals surface area contributed by atoms with Crippen LogP contribution in [0, 0.1) is 11.7 Å². The minimum absolute atomic E-state index is 0.0197. The van der Waals surface area contributed by atoms with Gasteiger partial charge in [0.1, 0.15) is 10.7 Å². The molecule has 8 heteroatoms. The maximum Gasteiger partial charge on any atom is 0.264 e. The summed E-state index contributed by atoms with van der Waals surface area (Å²) in [5, 5.41) is 2.53. The van der Waals surface area contributed by atoms with Crippen LogP contribution in [-0.2, 0) is 18.6 Å². The molecule has 0 radical (unpaired) electrons. The van der Waals surface area contributed by atoms with Gasteiger partial charge in [-0.25, -0.2) is 12.8 Å². The molecular formula is C12H13ClFNO4S. The number of carbonyl (C=O) groups excluding carboxylic acids is 1. The first kappa shape index (κ1) is 15.2. The van der Waals surface area contributed by atoms with E-state index in [0.717, 1.165) is 12.1 Å². The zero-order chi connectivity index (χ0) is 14.9. The Kier molecular flexibility index (Phi) is 4.31. The minimum atomic E-state index is -4.14. The first-order valence-corrected chi connectivity index (χ1v) is 8.25. The fraction of sp³-hybridized carbons (Fsp3) is 0.417. The Balaban J connectivity index is 2.11. The molecule has 1 fully saturated rings. The molecule has 1 aliphatic rings. The van der Waals surface area contributed by atoms with Gasteiger partial charge in [0.15, 0.2) is 0 Å². The lowest BCUT2D eigenvalue weighted by Crippen LogP contribution is -2.23. The van der Waals surface area contributed by atoms with Crippen molar-refractivity contribution < 1.29 is 22.3 Å². The van der Waals surface area contributed by atoms with E-state index in [1.54, 1.807) is 0 Å². The molecule has 1 aromatic rings. The van der Waals surface area contributed by atoms with E-state index in [0.29, 0.717) is 13.0 Å². The second kappa shape index (κ2) is 5.67. The first-order valence-electron chi connectivity index (χ1n) is 5.94. The van der Waals surface area contributed by atoms with Gasteiger partial charge in [-0.15, -0.1) is 0 Å². The summed E-state index contributed by atoms with van der Waals surface area (Å²) in [5.41, 5.74) is 0.177. The Labute approximate surface area is 120 Å². The molecule has 1 N–H and O–H groups in total. The van der Waals surface area contributed by atoms with Gasteiger partial charge in [-0.2, -0.15) is 0 Å². The standard InChI is InChI=1S/C12H13ClFNO4S/c1-7-4-8(6-19-7)12(16)15-9-2-3-11(10(14)5-9)20(13,17)18/h2-3,5,7-8H,4,6H2,1H3,(H,15,16). The lowest BCUT2D eigenvalue weighted by molar-refractivity contribution is -0.119. The van der Waals surface area contributed by atoms with Crippen molar-refractivity contribution >= 4 is 31.3 Å². The quantitative estimate of drug-likeness (QED) is 0.865. The fourth-order valence-electron chi connectivity index (χ4n) is 2.02. The molecule has 0 spiro atoms. The summed E-state index contributed by atoms with van der Waals surface area (Å²) >= 11 is 0. The van der Waals surface area contributed by atoms with Gasteiger partial charge >= 0.3 is 0 Å². The number of anilines is 1. The minimum Gasteiger partial charge on any atom is -0.378 e. The SMILES string of the molecule is CC1CC(C(=O)Nc2ccc(S(=O)(=O)Cl)c(F)c2)CO1. The molecule has 0 bridgehead atoms. The average Bonchev–Trinajstić information content (AvgIpc) is 2.74. The summed E-state index contributed by atoms with van der Waals surface area (Å²) in [6.07, 6.45) is 0.619. The third kappa shape index (κ3) is 3.47. The van der Waals surface area contributed by atoms with Crippen molar-refractivity contribution in [2.24, 2.45) is 5.92 Å². The molecule has 1 aliphatic heterocycles. The molecule has 2 atom stereocenters. The molecule has 1 saturated heterocycles. The van der Waals surface area contributed by atoms with Crippen LogP contribution in [0.4, 0.5) is 10.1 Å². The number of ether oxygens (including phenoxy) is 1. The molecule has 0 aromatic heterocycles. The zero-order valence-corrected chi connectivity index (χ0v) is 12.2. The maximum atomic E-state index is 13.6. The number of carbonyl (C=O) groups is 1. The third-order valence-electron chi connectivity index (χ3n) is 3.03. The fourth-order valence-corrected chi connectivity index (χ4v) is 2.92. The van der Waals surface area contributed by atoms with E-state index in [1.807, 2.05) is 6.92 Å². The summed E-state index contributed by atoms with van der Waals surface area (Å²) in [6, 6.07) is 3.23. The summed E-state index contributed by atoms with van der Waals surface area (Å²) < 4.78 is 41.0. The second-order valence-electron chi connectivity index (χ2n) is 4.65. The van der Waals surface area contributed by atoms with Crippen LogP contribution in [0.2, 0.25) is 0 Å². The van der Waals surface area contributed by atoms with Crippen molar-refractivity contribution in [1.29, 1.82) is 0 Å². The van der Waals surface area contributed by atoms with E-state index in [-0.39, 0.29) is 23.6 Å². The van der Waals surface area contributed by atoms with Crippen molar-refractivity contribution in [2.75, 3.05) is 11.9 Å². The van der Waals surface area contributed by atoms with Crippen molar-refractivity contribution in [1.82, 2.24) is 0 Å². The first-order chi connectivity index (χ1) is 9.27. The monoisotopic (exact) mass is 321 g/mol. The number of hydrogen-bond donors (Lipinski definition) is 1. The van der Waals surface area contributed by atoms with Crippen molar-refractivity contribution in [3.8, 4) is 0 Å². The highest BCUT2D eigenvalue weighted by atomic mass is 35.7. The van der Waals surface area contributed by atoms with Crippen LogP contribution in [0.1, 0.15) is 13.3 Å². The van der Waals surface area contributed by atoms with E-state index in [1.165, 1.54) is 6.07 Å². The summed E-state index contributed by atoms with van der Waals surface area (Å²) in [7, 11) is 0.933. The Hall–Kier alpha value is -1.18. The van der Waals surface area contributed by atoms with Crippen LogP contribution < -0.4 is 5.32 Å². The van der Waals surface area contributed by atoms with Gasteiger partial charge in [-0.1, -0.05) is 0 Å². The molecule has 2 rings (SSSR count). The molecule has 0 aliphatic carbocycles. The van der Waals surface area contributed by atoms with Crippen molar-refractivity contribution in [3.63, 3.8) is 0 Å². The van der Waals surface area contributed by atoms with Crippen LogP contribution in [-0.4, -0.2) is 27.0 Å². The lowest BCUT2D eigenvalue weighted by atomic mass is 10.1. The second-order valence-corrected chi connectivity index (χ2v) is 7.18. The van der Waals surface area contributed by atoms with Gasteiger partial charge in [0.25, 0.3) is 9.05 Å². The number of hydrogen-bond acceptors (Lipinski definition) is 4. The van der Waals surface area contributed by atoms with Gasteiger partial charge in [0.05, 0.1) is 18.6 Å². The number of nitrogens with one attached hydrogen (secondary N) is 1. The number of benzene rings is 1. The third-order valence-corrected chi connectivity index (χ3v) is 4.39. The van der Waals surface area contributed by atoms with E-state index in [9.17, 15) is 17.6 Å². The van der Waals surface area contributed by atoms with Gasteiger partial charge in [-0.3, -0.25) is 4.79 Å². The Morgan fingerprint density at radius 2 is 2.20 bits per heavy atom. The van der Waals surface area contributed by atoms with Crippen LogP contribution >= 0.6 is 10.7 Å². The topological polar surface area (TPSA) is 72.5 Å². The van der Waals surface area contributed by atoms with Gasteiger partial charge in [0, 0.05) is 16.4 Å². The van der Waals surface area contributed by atoms with E-state index in [2.05, 4.69) is 5.32 Å². The highest BCUT2D eigenvalue weighted by molar-refractivity contribution is 8.13. The lowest BCUT2D eigenvalue weighted by Gasteiger charge is -2.10. The molecular weight excluding hydrogens is 309 g/mol. The summed E-state index contributed by atoms with van der Waals surface area (Å²) in [5.74, 6) is -1.58. The van der Waals surface area contributed by atoms with Crippen LogP contribution in [0.3, 0.4) is 0 Å². The molecule has 2 unspecified atom stereocenters. The highest BCUT2D eigenvalue weighted by Gasteiger charge is 2.28. The molecule has 110 valence electrons. The highest BCUT2D eigenvalue weighted by Crippen LogP contribution is 2.24. The predicted molar refractivity (Wildman–Crippen MR) is 71.6 cm³/mol. The molecule has 1 heterocycles. The molecule has 1 aromatic carbocycles. The van der Waals surface area contributed by atoms with Crippen molar-refractivity contribution in [2.45, 2.75) is 24.3 Å². The van der Waals surface area contributed by atoms with Crippen molar-refractivity contribution in [3.05, 3.63) is 24.0 Å². The smallest absolute Gasteiger partial charge is 0.264 e. The molecule has 1 amide bonds. The Morgan fingerprint density at radius 1 is 1.50 bits per heavy atom. The normalized spacial score (nSPS) is 22.8. The number of halogens is 2. The summed E-state index contributed by atoms with van der Waals surface area (Å²) in [4.78, 5) is 11.3. The van der Waals surface area contributed by atoms with Gasteiger partial charge in [0.2, 0.25) is 5.91 Å². The van der Waals surface area contributed by atoms with E-state index >= 15 is 0 Å². The van der Waals surface area contributed by atoms with Crippen LogP contribution in [0.5, 0.6) is 0 Å². The number of rotatable bonds is 3. The van der Waals surface area contributed by atoms with E-state index < -0.39 is 19.8 Å². The zero-order valence-electron chi connectivity index (χ0n) is 10.6. The molecule has 0 saturated carbocycles. The van der Waals surface area contributed by atoms with Crippen LogP contribution in [0.25, 0.3) is 0 Å². The van der Waals surface area contributed by atoms with E-state index in [4.69, 9.17) is 15.4 Å². The Morgan fingerprint density at radius 3 is 2.70 bits per heavy atom. The predicted octanol–water partition coefficient (Wildman–Crippen LogP) is 2.12. The number of amides is 1. The van der Waals surface area contributed by atoms with Crippen LogP contribution in [0.15, 0.2) is 23.1 Å². The Bertz CT molecular complexity index is 634.